The van der Waals surface area contributed by atoms with Gasteiger partial charge in [-0.05, 0) is 51.7 Å². The number of carbonyl (C=O) groups excluding carboxylic acids is 2. The number of alkyl halides is 3. The Labute approximate surface area is 240 Å². The number of amides is 1. The van der Waals surface area contributed by atoms with Crippen LogP contribution in [0.5, 0.6) is 0 Å². The van der Waals surface area contributed by atoms with Gasteiger partial charge in [-0.2, -0.15) is 13.2 Å². The fraction of sp³-hybridized carbons (Fsp3) is 0.414. The van der Waals surface area contributed by atoms with Crippen LogP contribution in [0, 0.1) is 0 Å². The summed E-state index contributed by atoms with van der Waals surface area (Å²) < 4.78 is 59.3. The van der Waals surface area contributed by atoms with Gasteiger partial charge in [0.15, 0.2) is 5.69 Å². The number of anilines is 2. The van der Waals surface area contributed by atoms with Crippen LogP contribution in [0.1, 0.15) is 61.8 Å². The molecule has 224 valence electrons. The minimum absolute atomic E-state index is 0.170. The molecule has 0 saturated carbocycles. The van der Waals surface area contributed by atoms with E-state index < -0.39 is 35.1 Å². The Morgan fingerprint density at radius 1 is 1.19 bits per heavy atom. The lowest BCUT2D eigenvalue weighted by Crippen LogP contribution is -2.32. The zero-order chi connectivity index (χ0) is 30.5. The van der Waals surface area contributed by atoms with Crippen LogP contribution in [-0.4, -0.2) is 51.9 Å². The van der Waals surface area contributed by atoms with Crippen LogP contribution < -0.4 is 10.2 Å². The number of hydrogen-bond acceptors (Lipinski definition) is 9. The Morgan fingerprint density at radius 3 is 2.60 bits per heavy atom. The van der Waals surface area contributed by atoms with Crippen molar-refractivity contribution < 1.29 is 36.7 Å². The van der Waals surface area contributed by atoms with Gasteiger partial charge in [0.2, 0.25) is 5.78 Å². The molecular weight excluding hydrogens is 555 g/mol. The molecule has 4 rings (SSSR count). The van der Waals surface area contributed by atoms with Crippen LogP contribution in [0.15, 0.2) is 53.5 Å². The zero-order valence-corrected chi connectivity index (χ0v) is 23.5. The summed E-state index contributed by atoms with van der Waals surface area (Å²) in [5.74, 6) is -1.77. The molecule has 2 aromatic heterocycles. The summed E-state index contributed by atoms with van der Waals surface area (Å²) in [6, 6.07) is 9.70. The number of pyridine rings is 1. The van der Waals surface area contributed by atoms with Gasteiger partial charge in [-0.15, -0.1) is 16.8 Å². The van der Waals surface area contributed by atoms with Gasteiger partial charge in [0.1, 0.15) is 23.6 Å². The van der Waals surface area contributed by atoms with Crippen molar-refractivity contribution in [2.75, 3.05) is 23.4 Å². The highest BCUT2D eigenvalue weighted by molar-refractivity contribution is 5.93. The molecular formula is C29H32F3N5O5. The molecule has 42 heavy (non-hydrogen) atoms. The first kappa shape index (κ1) is 30.7. The second-order valence-electron chi connectivity index (χ2n) is 10.7. The fourth-order valence-corrected chi connectivity index (χ4v) is 4.48. The van der Waals surface area contributed by atoms with Crippen LogP contribution in [0.4, 0.5) is 29.5 Å². The van der Waals surface area contributed by atoms with Crippen molar-refractivity contribution in [1.82, 2.24) is 15.2 Å². The second-order valence-corrected chi connectivity index (χ2v) is 10.7. The van der Waals surface area contributed by atoms with Crippen LogP contribution in [0.2, 0.25) is 0 Å². The largest absolute Gasteiger partial charge is 0.444 e. The molecule has 1 atom stereocenters. The fourth-order valence-electron chi connectivity index (χ4n) is 4.48. The molecule has 0 unspecified atom stereocenters. The summed E-state index contributed by atoms with van der Waals surface area (Å²) >= 11 is 0. The summed E-state index contributed by atoms with van der Waals surface area (Å²) in [5.41, 5.74) is -1.75. The second kappa shape index (κ2) is 12.7. The third kappa shape index (κ3) is 7.72. The molecule has 1 saturated heterocycles. The minimum atomic E-state index is -4.81. The van der Waals surface area contributed by atoms with E-state index in [1.54, 1.807) is 31.7 Å². The summed E-state index contributed by atoms with van der Waals surface area (Å²) in [6.07, 6.45) is -2.41. The molecule has 0 aliphatic carbocycles. The zero-order valence-electron chi connectivity index (χ0n) is 23.5. The number of ether oxygens (including phenoxy) is 2. The van der Waals surface area contributed by atoms with E-state index in [1.807, 2.05) is 30.3 Å². The van der Waals surface area contributed by atoms with Crippen LogP contribution >= 0.6 is 0 Å². The summed E-state index contributed by atoms with van der Waals surface area (Å²) in [6.45, 7) is 8.68. The van der Waals surface area contributed by atoms with Crippen molar-refractivity contribution in [3.05, 3.63) is 66.1 Å². The highest BCUT2D eigenvalue weighted by Crippen LogP contribution is 2.42. The molecule has 0 radical (unpaired) electrons. The molecule has 0 spiro atoms. The molecule has 1 aromatic carbocycles. The van der Waals surface area contributed by atoms with E-state index in [-0.39, 0.29) is 42.3 Å². The maximum absolute atomic E-state index is 14.3. The molecule has 1 amide bonds. The van der Waals surface area contributed by atoms with Crippen LogP contribution in [0.3, 0.4) is 0 Å². The number of ketones is 1. The quantitative estimate of drug-likeness (QED) is 0.211. The van der Waals surface area contributed by atoms with Gasteiger partial charge >= 0.3 is 12.3 Å². The molecule has 1 N–H and O–H groups in total. The van der Waals surface area contributed by atoms with E-state index >= 15 is 0 Å². The maximum atomic E-state index is 14.3. The summed E-state index contributed by atoms with van der Waals surface area (Å²) in [4.78, 5) is 31.1. The third-order valence-electron chi connectivity index (χ3n) is 6.24. The number of hydrogen-bond donors (Lipinski definition) is 1. The first-order chi connectivity index (χ1) is 19.9. The lowest BCUT2D eigenvalue weighted by atomic mass is 10.1. The van der Waals surface area contributed by atoms with E-state index in [0.717, 1.165) is 11.6 Å². The van der Waals surface area contributed by atoms with Gasteiger partial charge in [0.25, 0.3) is 11.8 Å². The van der Waals surface area contributed by atoms with Gasteiger partial charge in [-0.1, -0.05) is 36.4 Å². The highest BCUT2D eigenvalue weighted by Gasteiger charge is 2.40. The van der Waals surface area contributed by atoms with Crippen molar-refractivity contribution in [3.63, 3.8) is 0 Å². The number of benzene rings is 1. The minimum Gasteiger partial charge on any atom is -0.444 e. The average molecular weight is 588 g/mol. The monoisotopic (exact) mass is 587 g/mol. The molecule has 3 heterocycles. The van der Waals surface area contributed by atoms with Crippen LogP contribution in [-0.2, 0) is 22.3 Å². The molecule has 10 nitrogen and oxygen atoms in total. The van der Waals surface area contributed by atoms with Gasteiger partial charge in [0, 0.05) is 12.6 Å². The first-order valence-electron chi connectivity index (χ1n) is 13.3. The highest BCUT2D eigenvalue weighted by atomic mass is 19.4. The lowest BCUT2D eigenvalue weighted by Gasteiger charge is -2.28. The number of carbonyl (C=O) groups is 2. The van der Waals surface area contributed by atoms with Crippen molar-refractivity contribution in [2.45, 2.75) is 64.5 Å². The number of aromatic nitrogens is 3. The molecule has 1 fully saturated rings. The van der Waals surface area contributed by atoms with Crippen LogP contribution in [0.25, 0.3) is 11.6 Å². The third-order valence-corrected chi connectivity index (χ3v) is 6.24. The van der Waals surface area contributed by atoms with Gasteiger partial charge in [0.05, 0.1) is 12.3 Å². The normalized spacial score (nSPS) is 15.5. The predicted molar refractivity (Wildman–Crippen MR) is 148 cm³/mol. The Kier molecular flexibility index (Phi) is 9.30. The number of nitrogens with zero attached hydrogens (tertiary/aromatic N) is 4. The molecule has 13 heteroatoms. The van der Waals surface area contributed by atoms with E-state index in [2.05, 4.69) is 27.1 Å². The van der Waals surface area contributed by atoms with Gasteiger partial charge < -0.3 is 18.8 Å². The molecule has 0 bridgehead atoms. The van der Waals surface area contributed by atoms with E-state index in [1.165, 1.54) is 0 Å². The van der Waals surface area contributed by atoms with E-state index in [4.69, 9.17) is 13.9 Å². The van der Waals surface area contributed by atoms with Crippen molar-refractivity contribution in [1.29, 1.82) is 0 Å². The number of halogens is 3. The molecule has 1 aliphatic rings. The average Bonchev–Trinajstić information content (AvgIpc) is 3.58. The Morgan fingerprint density at radius 2 is 1.93 bits per heavy atom. The SMILES string of the molecule is C=CC[C@@H]1CCCN1c1nc(-c2nnc(C(=O)COCc3ccccc3)o2)c(NC(=O)OC(C)(C)C)cc1C(F)(F)F. The number of nitrogens with one attached hydrogen (secondary N) is 1. The smallest absolute Gasteiger partial charge is 0.420 e. The van der Waals surface area contributed by atoms with E-state index in [0.29, 0.717) is 25.8 Å². The van der Waals surface area contributed by atoms with Gasteiger partial charge in [-0.3, -0.25) is 10.1 Å². The standard InChI is InChI=1S/C29H32F3N5O5/c1-5-10-19-13-9-14-37(19)24-20(29(30,31)32)15-21(33-27(39)42-28(2,3)4)23(34-24)26-36-35-25(41-26)22(38)17-40-16-18-11-7-6-8-12-18/h5-8,11-12,15,19H,1,9-10,13-14,16-17H2,2-4H3,(H,33,39)/t19-/m1/s1. The first-order valence-corrected chi connectivity index (χ1v) is 13.3. The lowest BCUT2D eigenvalue weighted by molar-refractivity contribution is -0.137. The van der Waals surface area contributed by atoms with Crippen molar-refractivity contribution >= 4 is 23.4 Å². The Balaban J connectivity index is 1.70. The number of rotatable bonds is 10. The molecule has 3 aromatic rings. The molecule has 1 aliphatic heterocycles. The maximum Gasteiger partial charge on any atom is 0.420 e. The topological polar surface area (TPSA) is 120 Å². The Bertz CT molecular complexity index is 1420. The summed E-state index contributed by atoms with van der Waals surface area (Å²) in [5, 5.41) is 9.96. The van der Waals surface area contributed by atoms with Crippen molar-refractivity contribution in [2.24, 2.45) is 0 Å². The number of Topliss-reactive ketones (excluding diaryl/α,β-unsaturated/α-hetero) is 1. The predicted octanol–water partition coefficient (Wildman–Crippen LogP) is 6.44. The van der Waals surface area contributed by atoms with E-state index in [9.17, 15) is 22.8 Å². The summed E-state index contributed by atoms with van der Waals surface area (Å²) in [7, 11) is 0. The Hall–Kier alpha value is -4.26. The van der Waals surface area contributed by atoms with Gasteiger partial charge in [-0.25, -0.2) is 9.78 Å². The van der Waals surface area contributed by atoms with Crippen molar-refractivity contribution in [3.8, 4) is 11.6 Å².